The van der Waals surface area contributed by atoms with Gasteiger partial charge in [-0.2, -0.15) is 0 Å². The van der Waals surface area contributed by atoms with Crippen molar-refractivity contribution >= 4 is 42.4 Å². The minimum absolute atomic E-state index is 0.698. The molecule has 0 saturated carbocycles. The number of aromatic nitrogens is 4. The molecule has 3 heterocycles. The summed E-state index contributed by atoms with van der Waals surface area (Å²) in [6, 6.07) is 54.3. The molecular formula is C42H26N4S. The first kappa shape index (κ1) is 27.3. The maximum absolute atomic E-state index is 5.25. The number of benzene rings is 6. The highest BCUT2D eigenvalue weighted by Gasteiger charge is 2.18. The van der Waals surface area contributed by atoms with Crippen LogP contribution in [0.3, 0.4) is 0 Å². The Morgan fingerprint density at radius 1 is 0.404 bits per heavy atom. The van der Waals surface area contributed by atoms with E-state index in [0.717, 1.165) is 55.1 Å². The number of rotatable bonds is 5. The summed E-state index contributed by atoms with van der Waals surface area (Å²) in [5.74, 6) is 1.40. The van der Waals surface area contributed by atoms with Gasteiger partial charge in [0.1, 0.15) is 0 Å². The van der Waals surface area contributed by atoms with Crippen LogP contribution in [0, 0.1) is 0 Å². The second kappa shape index (κ2) is 11.4. The van der Waals surface area contributed by atoms with Gasteiger partial charge >= 0.3 is 0 Å². The van der Waals surface area contributed by atoms with Gasteiger partial charge < -0.3 is 0 Å². The van der Waals surface area contributed by atoms with E-state index in [9.17, 15) is 0 Å². The van der Waals surface area contributed by atoms with Crippen molar-refractivity contribution in [2.24, 2.45) is 0 Å². The highest BCUT2D eigenvalue weighted by Crippen LogP contribution is 2.42. The van der Waals surface area contributed by atoms with Crippen molar-refractivity contribution in [1.82, 2.24) is 19.9 Å². The molecule has 4 nitrogen and oxygen atoms in total. The summed E-state index contributed by atoms with van der Waals surface area (Å²) in [6.45, 7) is 0. The molecule has 0 atom stereocenters. The monoisotopic (exact) mass is 618 g/mol. The number of thiophene rings is 1. The minimum atomic E-state index is 0.698. The Bertz CT molecular complexity index is 2490. The molecule has 6 aromatic carbocycles. The first-order valence-corrected chi connectivity index (χ1v) is 16.4. The lowest BCUT2D eigenvalue weighted by Gasteiger charge is -2.10. The molecule has 220 valence electrons. The molecule has 0 spiro atoms. The summed E-state index contributed by atoms with van der Waals surface area (Å²) in [7, 11) is 0. The fourth-order valence-corrected chi connectivity index (χ4v) is 7.36. The zero-order valence-corrected chi connectivity index (χ0v) is 26.0. The Morgan fingerprint density at radius 3 is 1.64 bits per heavy atom. The van der Waals surface area contributed by atoms with Gasteiger partial charge in [0, 0.05) is 37.9 Å². The standard InChI is InChI=1S/C42H26N4S/c1-4-13-28(14-5-1)34-26-35(44-41(43-34)31-17-8-3-9-18-31)29-20-22-32(23-21-29)42-45-38(30-15-6-2-7-16-30)40-39(46-42)37-33-19-11-10-12-27(33)24-25-36(37)47-40/h1-26H. The smallest absolute Gasteiger partial charge is 0.160 e. The molecule has 3 aromatic heterocycles. The molecule has 9 aromatic rings. The third-order valence-corrected chi connectivity index (χ3v) is 9.67. The van der Waals surface area contributed by atoms with Gasteiger partial charge in [0.25, 0.3) is 0 Å². The molecule has 0 radical (unpaired) electrons. The third kappa shape index (κ3) is 4.94. The van der Waals surface area contributed by atoms with Gasteiger partial charge in [-0.15, -0.1) is 11.3 Å². The summed E-state index contributed by atoms with van der Waals surface area (Å²) in [5.41, 5.74) is 8.76. The second-order valence-corrected chi connectivity index (χ2v) is 12.5. The Labute approximate surface area is 275 Å². The average Bonchev–Trinajstić information content (AvgIpc) is 3.55. The fourth-order valence-electron chi connectivity index (χ4n) is 6.19. The van der Waals surface area contributed by atoms with Crippen LogP contribution in [0.25, 0.3) is 87.6 Å². The molecule has 47 heavy (non-hydrogen) atoms. The van der Waals surface area contributed by atoms with E-state index < -0.39 is 0 Å². The normalized spacial score (nSPS) is 11.4. The van der Waals surface area contributed by atoms with Gasteiger partial charge in [0.2, 0.25) is 0 Å². The summed E-state index contributed by atoms with van der Waals surface area (Å²) < 4.78 is 2.32. The number of hydrogen-bond acceptors (Lipinski definition) is 5. The lowest BCUT2D eigenvalue weighted by molar-refractivity contribution is 1.18. The predicted octanol–water partition coefficient (Wildman–Crippen LogP) is 11.1. The van der Waals surface area contributed by atoms with Crippen molar-refractivity contribution < 1.29 is 0 Å². The molecule has 0 aliphatic rings. The van der Waals surface area contributed by atoms with Gasteiger partial charge in [0.15, 0.2) is 11.6 Å². The van der Waals surface area contributed by atoms with Crippen molar-refractivity contribution in [3.05, 3.63) is 158 Å². The van der Waals surface area contributed by atoms with Crippen LogP contribution < -0.4 is 0 Å². The fraction of sp³-hybridized carbons (Fsp3) is 0. The van der Waals surface area contributed by atoms with Crippen molar-refractivity contribution in [2.75, 3.05) is 0 Å². The lowest BCUT2D eigenvalue weighted by Crippen LogP contribution is -1.96. The van der Waals surface area contributed by atoms with Crippen LogP contribution in [0.15, 0.2) is 158 Å². The third-order valence-electron chi connectivity index (χ3n) is 8.52. The van der Waals surface area contributed by atoms with Crippen molar-refractivity contribution in [2.45, 2.75) is 0 Å². The predicted molar refractivity (Wildman–Crippen MR) is 195 cm³/mol. The van der Waals surface area contributed by atoms with E-state index in [1.165, 1.54) is 20.9 Å². The summed E-state index contributed by atoms with van der Waals surface area (Å²) in [6.07, 6.45) is 0. The van der Waals surface area contributed by atoms with Gasteiger partial charge in [-0.05, 0) is 22.9 Å². The van der Waals surface area contributed by atoms with Crippen LogP contribution in [0.5, 0.6) is 0 Å². The minimum Gasteiger partial charge on any atom is -0.228 e. The van der Waals surface area contributed by atoms with Crippen LogP contribution in [0.1, 0.15) is 0 Å². The Kier molecular flexibility index (Phi) is 6.61. The van der Waals surface area contributed by atoms with Crippen LogP contribution in [-0.2, 0) is 0 Å². The van der Waals surface area contributed by atoms with Crippen LogP contribution in [-0.4, -0.2) is 19.9 Å². The highest BCUT2D eigenvalue weighted by molar-refractivity contribution is 7.26. The van der Waals surface area contributed by atoms with E-state index in [4.69, 9.17) is 19.9 Å². The Hall–Kier alpha value is -6.04. The molecule has 0 N–H and O–H groups in total. The van der Waals surface area contributed by atoms with Crippen molar-refractivity contribution in [1.29, 1.82) is 0 Å². The first-order chi connectivity index (χ1) is 23.3. The van der Waals surface area contributed by atoms with E-state index in [1.54, 1.807) is 11.3 Å². The van der Waals surface area contributed by atoms with E-state index in [1.807, 2.05) is 54.6 Å². The molecule has 0 fully saturated rings. The largest absolute Gasteiger partial charge is 0.228 e. The molecule has 9 rings (SSSR count). The molecule has 0 saturated heterocycles. The van der Waals surface area contributed by atoms with Gasteiger partial charge in [0.05, 0.1) is 27.3 Å². The highest BCUT2D eigenvalue weighted by atomic mass is 32.1. The summed E-state index contributed by atoms with van der Waals surface area (Å²) in [5, 5.41) is 3.60. The zero-order valence-electron chi connectivity index (χ0n) is 25.2. The molecule has 0 bridgehead atoms. The van der Waals surface area contributed by atoms with Gasteiger partial charge in [-0.25, -0.2) is 19.9 Å². The zero-order chi connectivity index (χ0) is 31.2. The van der Waals surface area contributed by atoms with Gasteiger partial charge in [-0.1, -0.05) is 146 Å². The van der Waals surface area contributed by atoms with Crippen molar-refractivity contribution in [3.8, 4) is 56.5 Å². The van der Waals surface area contributed by atoms with E-state index in [2.05, 4.69) is 103 Å². The molecule has 0 unspecified atom stereocenters. The molecule has 0 aliphatic carbocycles. The maximum Gasteiger partial charge on any atom is 0.160 e. The molecule has 0 amide bonds. The quantitative estimate of drug-likeness (QED) is 0.193. The lowest BCUT2D eigenvalue weighted by atomic mass is 10.0. The number of hydrogen-bond donors (Lipinski definition) is 0. The van der Waals surface area contributed by atoms with E-state index in [0.29, 0.717) is 11.6 Å². The maximum atomic E-state index is 5.25. The second-order valence-electron chi connectivity index (χ2n) is 11.5. The van der Waals surface area contributed by atoms with Crippen molar-refractivity contribution in [3.63, 3.8) is 0 Å². The van der Waals surface area contributed by atoms with Crippen LogP contribution in [0.2, 0.25) is 0 Å². The summed E-state index contributed by atoms with van der Waals surface area (Å²) >= 11 is 1.76. The Morgan fingerprint density at radius 2 is 0.936 bits per heavy atom. The van der Waals surface area contributed by atoms with Gasteiger partial charge in [-0.3, -0.25) is 0 Å². The average molecular weight is 619 g/mol. The SMILES string of the molecule is c1ccc(-c2cc(-c3ccc(-c4nc(-c5ccccc5)c5sc6ccc7ccccc7c6c5n4)cc3)nc(-c3ccccc3)n2)cc1. The molecule has 0 aliphatic heterocycles. The van der Waals surface area contributed by atoms with Crippen LogP contribution in [0.4, 0.5) is 0 Å². The molecular weight excluding hydrogens is 593 g/mol. The summed E-state index contributed by atoms with van der Waals surface area (Å²) in [4.78, 5) is 20.4. The number of fused-ring (bicyclic) bond motifs is 5. The number of nitrogens with zero attached hydrogens (tertiary/aromatic N) is 4. The molecule has 5 heteroatoms. The van der Waals surface area contributed by atoms with E-state index >= 15 is 0 Å². The topological polar surface area (TPSA) is 51.6 Å². The Balaban J connectivity index is 1.20. The van der Waals surface area contributed by atoms with Crippen LogP contribution >= 0.6 is 11.3 Å². The first-order valence-electron chi connectivity index (χ1n) is 15.6. The van der Waals surface area contributed by atoms with E-state index in [-0.39, 0.29) is 0 Å².